The number of rotatable bonds is 9. The second kappa shape index (κ2) is 13.0. The van der Waals surface area contributed by atoms with Gasteiger partial charge in [0.2, 0.25) is 0 Å². The second-order valence-electron chi connectivity index (χ2n) is 16.6. The van der Waals surface area contributed by atoms with Gasteiger partial charge in [-0.3, -0.25) is 4.79 Å². The first-order valence-corrected chi connectivity index (χ1v) is 18.0. The lowest BCUT2D eigenvalue weighted by Gasteiger charge is -2.60. The summed E-state index contributed by atoms with van der Waals surface area (Å²) < 4.78 is 12.0. The molecule has 0 heterocycles. The maximum atomic E-state index is 13.6. The van der Waals surface area contributed by atoms with Gasteiger partial charge < -0.3 is 29.9 Å². The average molecular weight is 689 g/mol. The molecule has 0 spiro atoms. The molecule has 0 amide bonds. The van der Waals surface area contributed by atoms with E-state index in [9.17, 15) is 34.8 Å². The first-order valence-electron chi connectivity index (χ1n) is 18.0. The Morgan fingerprint density at radius 3 is 2.10 bits per heavy atom. The number of carbonyl (C=O) groups excluding carboxylic acids is 3. The summed E-state index contributed by atoms with van der Waals surface area (Å²) in [4.78, 5) is 40.1. The summed E-state index contributed by atoms with van der Waals surface area (Å²) in [6.07, 6.45) is 1.48. The number of benzene rings is 2. The normalized spacial score (nSPS) is 35.4. The van der Waals surface area contributed by atoms with Crippen molar-refractivity contribution >= 4 is 17.7 Å². The monoisotopic (exact) mass is 688 g/mol. The van der Waals surface area contributed by atoms with E-state index < -0.39 is 69.7 Å². The fourth-order valence-electron chi connectivity index (χ4n) is 10.2. The molecule has 4 N–H and O–H groups in total. The number of hydrogen-bond donors (Lipinski definition) is 4. The van der Waals surface area contributed by atoms with Crippen molar-refractivity contribution in [3.05, 3.63) is 83.4 Å². The van der Waals surface area contributed by atoms with Gasteiger partial charge in [-0.25, -0.2) is 9.59 Å². The number of aliphatic hydroxyl groups is 4. The zero-order chi connectivity index (χ0) is 36.3. The van der Waals surface area contributed by atoms with Crippen LogP contribution in [0.2, 0.25) is 0 Å². The average Bonchev–Trinajstić information content (AvgIpc) is 3.36. The Morgan fingerprint density at radius 2 is 1.48 bits per heavy atom. The van der Waals surface area contributed by atoms with Crippen molar-refractivity contribution in [2.24, 2.45) is 28.6 Å². The fraction of sp³-hybridized carbons (Fsp3) is 0.585. The minimum atomic E-state index is -1.62. The van der Waals surface area contributed by atoms with E-state index in [1.54, 1.807) is 81.4 Å². The van der Waals surface area contributed by atoms with Crippen LogP contribution in [0.15, 0.2) is 72.3 Å². The van der Waals surface area contributed by atoms with Gasteiger partial charge in [-0.15, -0.1) is 0 Å². The third-order valence-corrected chi connectivity index (χ3v) is 13.1. The van der Waals surface area contributed by atoms with Crippen LogP contribution >= 0.6 is 0 Å². The zero-order valence-corrected chi connectivity index (χ0v) is 29.8. The van der Waals surface area contributed by atoms with E-state index in [2.05, 4.69) is 0 Å². The number of esters is 2. The Kier molecular flexibility index (Phi) is 9.47. The summed E-state index contributed by atoms with van der Waals surface area (Å²) in [5, 5.41) is 46.5. The van der Waals surface area contributed by atoms with E-state index in [0.717, 1.165) is 0 Å². The van der Waals surface area contributed by atoms with Crippen LogP contribution < -0.4 is 0 Å². The lowest BCUT2D eigenvalue weighted by molar-refractivity contribution is -0.177. The van der Waals surface area contributed by atoms with E-state index in [-0.39, 0.29) is 37.4 Å². The Hall–Kier alpha value is -3.37. The molecule has 50 heavy (non-hydrogen) atoms. The first-order chi connectivity index (χ1) is 23.4. The van der Waals surface area contributed by atoms with Gasteiger partial charge >= 0.3 is 11.9 Å². The highest BCUT2D eigenvalue weighted by Crippen LogP contribution is 2.68. The van der Waals surface area contributed by atoms with Gasteiger partial charge in [-0.05, 0) is 125 Å². The van der Waals surface area contributed by atoms with E-state index in [1.165, 1.54) is 0 Å². The molecule has 0 saturated heterocycles. The SMILES string of the molecule is CC(C)(CCC(OC(=O)c1ccccc1)[C@](C)(O)[C@H]1CC[C@@]2(O)C3=CC(=O)[C@@H]4C[C@@H](O)[C@@H](O)C[C@]4(C)[C@H]3CC[C@]12C)OC(=O)c1ccccc1. The number of ketones is 1. The minimum absolute atomic E-state index is 0.139. The molecule has 0 bridgehead atoms. The van der Waals surface area contributed by atoms with Crippen LogP contribution in [0.5, 0.6) is 0 Å². The number of carbonyl (C=O) groups is 3. The van der Waals surface area contributed by atoms with Crippen LogP contribution in [0.25, 0.3) is 0 Å². The quantitative estimate of drug-likeness (QED) is 0.248. The topological polar surface area (TPSA) is 151 Å². The summed E-state index contributed by atoms with van der Waals surface area (Å²) in [6, 6.07) is 17.3. The molecule has 1 unspecified atom stereocenters. The van der Waals surface area contributed by atoms with Gasteiger partial charge in [0.25, 0.3) is 0 Å². The van der Waals surface area contributed by atoms with Crippen molar-refractivity contribution in [3.8, 4) is 0 Å². The van der Waals surface area contributed by atoms with Crippen LogP contribution in [0.1, 0.15) is 107 Å². The van der Waals surface area contributed by atoms with E-state index in [1.807, 2.05) is 19.9 Å². The van der Waals surface area contributed by atoms with E-state index in [0.29, 0.717) is 42.4 Å². The molecule has 0 aliphatic heterocycles. The Balaban J connectivity index is 1.29. The predicted molar refractivity (Wildman–Crippen MR) is 186 cm³/mol. The molecule has 0 aromatic heterocycles. The first kappa shape index (κ1) is 36.4. The molecule has 3 saturated carbocycles. The van der Waals surface area contributed by atoms with Crippen molar-refractivity contribution in [1.29, 1.82) is 0 Å². The largest absolute Gasteiger partial charge is 0.456 e. The van der Waals surface area contributed by atoms with Crippen molar-refractivity contribution in [2.75, 3.05) is 0 Å². The van der Waals surface area contributed by atoms with Crippen LogP contribution in [0.3, 0.4) is 0 Å². The van der Waals surface area contributed by atoms with Crippen LogP contribution in [0.4, 0.5) is 0 Å². The van der Waals surface area contributed by atoms with Crippen LogP contribution in [-0.2, 0) is 14.3 Å². The second-order valence-corrected chi connectivity index (χ2v) is 16.6. The highest BCUT2D eigenvalue weighted by molar-refractivity contribution is 5.95. The molecule has 0 radical (unpaired) electrons. The highest BCUT2D eigenvalue weighted by Gasteiger charge is 2.69. The number of fused-ring (bicyclic) bond motifs is 5. The molecule has 2 aromatic rings. The summed E-state index contributed by atoms with van der Waals surface area (Å²) in [6.45, 7) is 9.22. The molecule has 4 aliphatic rings. The van der Waals surface area contributed by atoms with E-state index in [4.69, 9.17) is 9.47 Å². The zero-order valence-electron chi connectivity index (χ0n) is 29.8. The molecule has 9 nitrogen and oxygen atoms in total. The summed E-state index contributed by atoms with van der Waals surface area (Å²) >= 11 is 0. The molecule has 4 aliphatic carbocycles. The maximum Gasteiger partial charge on any atom is 0.338 e. The van der Waals surface area contributed by atoms with Crippen molar-refractivity contribution in [1.82, 2.24) is 0 Å². The van der Waals surface area contributed by atoms with Crippen molar-refractivity contribution in [3.63, 3.8) is 0 Å². The minimum Gasteiger partial charge on any atom is -0.456 e. The maximum absolute atomic E-state index is 13.6. The van der Waals surface area contributed by atoms with Gasteiger partial charge in [0, 0.05) is 11.3 Å². The van der Waals surface area contributed by atoms with Gasteiger partial charge in [0.1, 0.15) is 17.3 Å². The van der Waals surface area contributed by atoms with Gasteiger partial charge in [0.05, 0.1) is 28.9 Å². The molecule has 6 rings (SSSR count). The third-order valence-electron chi connectivity index (χ3n) is 13.1. The number of allylic oxidation sites excluding steroid dienone is 1. The summed E-state index contributed by atoms with van der Waals surface area (Å²) in [5.74, 6) is -2.33. The lowest BCUT2D eigenvalue weighted by atomic mass is 9.45. The Bertz CT molecular complexity index is 1630. The third kappa shape index (κ3) is 6.14. The molecule has 10 atom stereocenters. The van der Waals surface area contributed by atoms with Crippen molar-refractivity contribution < 1.29 is 44.3 Å². The van der Waals surface area contributed by atoms with Crippen LogP contribution in [-0.4, -0.2) is 73.3 Å². The Morgan fingerprint density at radius 1 is 0.880 bits per heavy atom. The molecule has 9 heteroatoms. The molecular formula is C41H52O9. The van der Waals surface area contributed by atoms with Gasteiger partial charge in [0.15, 0.2) is 5.78 Å². The molecule has 2 aromatic carbocycles. The fourth-order valence-corrected chi connectivity index (χ4v) is 10.2. The smallest absolute Gasteiger partial charge is 0.338 e. The van der Waals surface area contributed by atoms with Crippen LogP contribution in [0, 0.1) is 28.6 Å². The number of ether oxygens (including phenoxy) is 2. The molecule has 3 fully saturated rings. The highest BCUT2D eigenvalue weighted by atomic mass is 16.6. The molecular weight excluding hydrogens is 636 g/mol. The Labute approximate surface area is 294 Å². The van der Waals surface area contributed by atoms with Gasteiger partial charge in [-0.2, -0.15) is 0 Å². The number of hydrogen-bond acceptors (Lipinski definition) is 9. The standard InChI is InChI=1S/C41H52O9/c1-37(2,50-36(46)26-14-10-7-11-15-26)19-18-34(49-35(45)25-12-8-6-9-13-25)40(5,47)33-17-21-41(48)28-22-30(42)29-23-31(43)32(44)24-38(29,3)27(28)16-20-39(33,41)4/h6-15,22,27,29,31-34,43-44,47-48H,16-21,23-24H2,1-5H3/t27-,29-,31+,32-,33-,34?,38+,39+,40+,41+/m0/s1. The molecule has 270 valence electrons. The summed E-state index contributed by atoms with van der Waals surface area (Å²) in [5.41, 5.74) is -4.06. The lowest BCUT2D eigenvalue weighted by Crippen LogP contribution is -2.63. The predicted octanol–water partition coefficient (Wildman–Crippen LogP) is 5.58. The van der Waals surface area contributed by atoms with E-state index >= 15 is 0 Å². The van der Waals surface area contributed by atoms with Gasteiger partial charge in [-0.1, -0.05) is 50.2 Å². The van der Waals surface area contributed by atoms with Crippen molar-refractivity contribution in [2.45, 2.75) is 121 Å². The summed E-state index contributed by atoms with van der Waals surface area (Å²) in [7, 11) is 0. The number of aliphatic hydroxyl groups excluding tert-OH is 2.